The first-order valence-electron chi connectivity index (χ1n) is 5.36. The second-order valence-corrected chi connectivity index (χ2v) is 3.67. The number of nitrogens with one attached hydrogen (secondary N) is 1. The molecule has 4 heteroatoms. The van der Waals surface area contributed by atoms with Crippen LogP contribution in [-0.4, -0.2) is 12.1 Å². The average molecular weight is 229 g/mol. The van der Waals surface area contributed by atoms with Gasteiger partial charge in [-0.05, 0) is 23.8 Å². The van der Waals surface area contributed by atoms with E-state index >= 15 is 0 Å². The fraction of sp³-hybridized carbons (Fsp3) is 0.154. The van der Waals surface area contributed by atoms with Crippen LogP contribution < -0.4 is 15.8 Å². The Labute approximate surface area is 100 Å². The molecular weight excluding hydrogens is 214 g/mol. The molecule has 3 N–H and O–H groups in total. The van der Waals surface area contributed by atoms with Crippen molar-refractivity contribution < 1.29 is 4.74 Å². The van der Waals surface area contributed by atoms with Gasteiger partial charge in [-0.2, -0.15) is 0 Å². The van der Waals surface area contributed by atoms with Gasteiger partial charge < -0.3 is 15.8 Å². The van der Waals surface area contributed by atoms with Crippen molar-refractivity contribution in [2.45, 2.75) is 6.54 Å². The number of anilines is 2. The molecule has 0 spiro atoms. The summed E-state index contributed by atoms with van der Waals surface area (Å²) in [7, 11) is 1.66. The molecule has 0 atom stereocenters. The van der Waals surface area contributed by atoms with Gasteiger partial charge >= 0.3 is 0 Å². The molecule has 2 rings (SSSR count). The average Bonchev–Trinajstić information content (AvgIpc) is 2.38. The Balaban J connectivity index is 2.05. The van der Waals surface area contributed by atoms with E-state index in [0.29, 0.717) is 12.2 Å². The van der Waals surface area contributed by atoms with Crippen LogP contribution in [0.4, 0.5) is 11.4 Å². The Morgan fingerprint density at radius 1 is 1.35 bits per heavy atom. The highest BCUT2D eigenvalue weighted by molar-refractivity contribution is 5.64. The van der Waals surface area contributed by atoms with Crippen LogP contribution in [0.15, 0.2) is 42.7 Å². The molecule has 2 aromatic rings. The van der Waals surface area contributed by atoms with E-state index in [1.807, 2.05) is 30.3 Å². The van der Waals surface area contributed by atoms with Crippen LogP contribution in [0, 0.1) is 0 Å². The maximum atomic E-state index is 5.79. The number of methoxy groups -OCH3 is 1. The zero-order chi connectivity index (χ0) is 12.1. The Kier molecular flexibility index (Phi) is 3.45. The summed E-state index contributed by atoms with van der Waals surface area (Å²) in [4.78, 5) is 3.94. The highest BCUT2D eigenvalue weighted by atomic mass is 16.5. The second kappa shape index (κ2) is 5.21. The Morgan fingerprint density at radius 2 is 2.24 bits per heavy atom. The van der Waals surface area contributed by atoms with Crippen LogP contribution in [0.5, 0.6) is 5.75 Å². The lowest BCUT2D eigenvalue weighted by Gasteiger charge is -2.09. The molecule has 1 heterocycles. The van der Waals surface area contributed by atoms with Crippen molar-refractivity contribution in [3.05, 3.63) is 48.3 Å². The highest BCUT2D eigenvalue weighted by Crippen LogP contribution is 2.18. The molecule has 0 fully saturated rings. The van der Waals surface area contributed by atoms with Crippen molar-refractivity contribution >= 4 is 11.4 Å². The molecule has 0 saturated heterocycles. The van der Waals surface area contributed by atoms with Crippen LogP contribution >= 0.6 is 0 Å². The van der Waals surface area contributed by atoms with Gasteiger partial charge in [0.05, 0.1) is 24.7 Å². The normalized spacial score (nSPS) is 9.94. The minimum Gasteiger partial charge on any atom is -0.497 e. The standard InChI is InChI=1S/C13H15N3O/c1-17-11-4-2-3-10(7-11)8-16-13-5-6-15-9-12(13)14/h2-7,9H,8,14H2,1H3,(H,15,16). The molecular formula is C13H15N3O. The predicted octanol–water partition coefficient (Wildman–Crippen LogP) is 2.28. The van der Waals surface area contributed by atoms with E-state index in [9.17, 15) is 0 Å². The van der Waals surface area contributed by atoms with Gasteiger partial charge in [0, 0.05) is 12.7 Å². The third-order valence-electron chi connectivity index (χ3n) is 2.47. The van der Waals surface area contributed by atoms with Gasteiger partial charge in [0.1, 0.15) is 5.75 Å². The maximum absolute atomic E-state index is 5.79. The number of nitrogens with zero attached hydrogens (tertiary/aromatic N) is 1. The number of hydrogen-bond donors (Lipinski definition) is 2. The number of rotatable bonds is 4. The van der Waals surface area contributed by atoms with E-state index in [1.165, 1.54) is 0 Å². The summed E-state index contributed by atoms with van der Waals surface area (Å²) in [6.07, 6.45) is 3.35. The number of hydrogen-bond acceptors (Lipinski definition) is 4. The molecule has 0 radical (unpaired) electrons. The molecule has 17 heavy (non-hydrogen) atoms. The van der Waals surface area contributed by atoms with Crippen molar-refractivity contribution in [3.63, 3.8) is 0 Å². The van der Waals surface area contributed by atoms with Crippen molar-refractivity contribution in [1.29, 1.82) is 0 Å². The third-order valence-corrected chi connectivity index (χ3v) is 2.47. The van der Waals surface area contributed by atoms with E-state index in [4.69, 9.17) is 10.5 Å². The summed E-state index contributed by atoms with van der Waals surface area (Å²) in [5, 5.41) is 3.26. The van der Waals surface area contributed by atoms with Gasteiger partial charge in [-0.3, -0.25) is 4.98 Å². The molecule has 0 aliphatic heterocycles. The van der Waals surface area contributed by atoms with Crippen molar-refractivity contribution in [3.8, 4) is 5.75 Å². The second-order valence-electron chi connectivity index (χ2n) is 3.67. The first-order valence-corrected chi connectivity index (χ1v) is 5.36. The van der Waals surface area contributed by atoms with Crippen LogP contribution in [0.25, 0.3) is 0 Å². The highest BCUT2D eigenvalue weighted by Gasteiger charge is 1.99. The van der Waals surface area contributed by atoms with E-state index in [1.54, 1.807) is 19.5 Å². The van der Waals surface area contributed by atoms with Crippen LogP contribution in [0.2, 0.25) is 0 Å². The van der Waals surface area contributed by atoms with Crippen molar-refractivity contribution in [1.82, 2.24) is 4.98 Å². The number of benzene rings is 1. The van der Waals surface area contributed by atoms with E-state index < -0.39 is 0 Å². The number of ether oxygens (including phenoxy) is 1. The van der Waals surface area contributed by atoms with Crippen molar-refractivity contribution in [2.75, 3.05) is 18.2 Å². The minimum atomic E-state index is 0.649. The van der Waals surface area contributed by atoms with Crippen molar-refractivity contribution in [2.24, 2.45) is 0 Å². The fourth-order valence-corrected chi connectivity index (χ4v) is 1.55. The lowest BCUT2D eigenvalue weighted by molar-refractivity contribution is 0.414. The van der Waals surface area contributed by atoms with Crippen LogP contribution in [0.3, 0.4) is 0 Å². The summed E-state index contributed by atoms with van der Waals surface area (Å²) in [6.45, 7) is 0.700. The SMILES string of the molecule is COc1cccc(CNc2ccncc2N)c1. The Hall–Kier alpha value is -2.23. The summed E-state index contributed by atoms with van der Waals surface area (Å²) in [5.41, 5.74) is 8.47. The predicted molar refractivity (Wildman–Crippen MR) is 69.0 cm³/mol. The van der Waals surface area contributed by atoms with E-state index in [2.05, 4.69) is 10.3 Å². The monoisotopic (exact) mass is 229 g/mol. The Bertz CT molecular complexity index is 500. The summed E-state index contributed by atoms with van der Waals surface area (Å²) < 4.78 is 5.17. The molecule has 1 aromatic heterocycles. The lowest BCUT2D eigenvalue weighted by Crippen LogP contribution is -2.02. The zero-order valence-corrected chi connectivity index (χ0v) is 9.68. The number of nitrogen functional groups attached to an aromatic ring is 1. The number of pyridine rings is 1. The molecule has 0 saturated carbocycles. The van der Waals surface area contributed by atoms with E-state index in [-0.39, 0.29) is 0 Å². The summed E-state index contributed by atoms with van der Waals surface area (Å²) in [6, 6.07) is 9.77. The van der Waals surface area contributed by atoms with E-state index in [0.717, 1.165) is 17.0 Å². The molecule has 0 amide bonds. The van der Waals surface area contributed by atoms with Gasteiger partial charge in [0.25, 0.3) is 0 Å². The molecule has 4 nitrogen and oxygen atoms in total. The quantitative estimate of drug-likeness (QED) is 0.844. The first-order chi connectivity index (χ1) is 8.29. The maximum Gasteiger partial charge on any atom is 0.119 e. The smallest absolute Gasteiger partial charge is 0.119 e. The first kappa shape index (κ1) is 11.3. The Morgan fingerprint density at radius 3 is 3.00 bits per heavy atom. The summed E-state index contributed by atoms with van der Waals surface area (Å²) >= 11 is 0. The zero-order valence-electron chi connectivity index (χ0n) is 9.68. The lowest BCUT2D eigenvalue weighted by atomic mass is 10.2. The number of nitrogens with two attached hydrogens (primary N) is 1. The molecule has 0 unspecified atom stereocenters. The van der Waals surface area contributed by atoms with Gasteiger partial charge in [-0.15, -0.1) is 0 Å². The molecule has 0 aliphatic carbocycles. The van der Waals surface area contributed by atoms with Gasteiger partial charge in [0.2, 0.25) is 0 Å². The molecule has 0 bridgehead atoms. The third kappa shape index (κ3) is 2.87. The topological polar surface area (TPSA) is 60.2 Å². The fourth-order valence-electron chi connectivity index (χ4n) is 1.55. The molecule has 0 aliphatic rings. The van der Waals surface area contributed by atoms with Gasteiger partial charge in [-0.25, -0.2) is 0 Å². The van der Waals surface area contributed by atoms with Gasteiger partial charge in [-0.1, -0.05) is 12.1 Å². The largest absolute Gasteiger partial charge is 0.497 e. The van der Waals surface area contributed by atoms with Gasteiger partial charge in [0.15, 0.2) is 0 Å². The molecule has 1 aromatic carbocycles. The minimum absolute atomic E-state index is 0.649. The number of aromatic nitrogens is 1. The summed E-state index contributed by atoms with van der Waals surface area (Å²) in [5.74, 6) is 0.854. The van der Waals surface area contributed by atoms with Crippen LogP contribution in [-0.2, 0) is 6.54 Å². The van der Waals surface area contributed by atoms with Crippen LogP contribution in [0.1, 0.15) is 5.56 Å². The molecule has 88 valence electrons.